The summed E-state index contributed by atoms with van der Waals surface area (Å²) in [5.41, 5.74) is 1.31. The molecule has 5 nitrogen and oxygen atoms in total. The lowest BCUT2D eigenvalue weighted by atomic mass is 10.1. The fourth-order valence-corrected chi connectivity index (χ4v) is 2.56. The van der Waals surface area contributed by atoms with E-state index < -0.39 is 11.8 Å². The van der Waals surface area contributed by atoms with Crippen molar-refractivity contribution in [2.45, 2.75) is 13.0 Å². The van der Waals surface area contributed by atoms with Gasteiger partial charge in [0.2, 0.25) is 0 Å². The number of aryl methyl sites for hydroxylation is 1. The monoisotopic (exact) mass is 312 g/mol. The van der Waals surface area contributed by atoms with Crippen molar-refractivity contribution in [3.8, 4) is 12.3 Å². The molecule has 0 N–H and O–H groups in total. The van der Waals surface area contributed by atoms with E-state index in [0.717, 1.165) is 30.4 Å². The van der Waals surface area contributed by atoms with Gasteiger partial charge in [0.25, 0.3) is 5.78 Å². The summed E-state index contributed by atoms with van der Waals surface area (Å²) >= 11 is 0. The molecule has 0 atom stereocenters. The molecule has 5 heteroatoms. The van der Waals surface area contributed by atoms with Gasteiger partial charge in [0.1, 0.15) is 0 Å². The first-order valence-electron chi connectivity index (χ1n) is 7.41. The molecule has 0 fully saturated rings. The average Bonchev–Trinajstić information content (AvgIpc) is 2.93. The second-order valence-corrected chi connectivity index (χ2v) is 5.37. The van der Waals surface area contributed by atoms with Crippen molar-refractivity contribution in [3.63, 3.8) is 0 Å². The molecule has 2 aromatic rings. The Morgan fingerprint density at radius 2 is 2.09 bits per heavy atom. The van der Waals surface area contributed by atoms with E-state index in [4.69, 9.17) is 6.42 Å². The molecule has 2 rings (SSSR count). The molecule has 0 radical (unpaired) electrons. The van der Waals surface area contributed by atoms with Crippen LogP contribution in [0.3, 0.4) is 0 Å². The third kappa shape index (κ3) is 3.79. The maximum atomic E-state index is 12.2. The van der Waals surface area contributed by atoms with Gasteiger partial charge in [-0.3, -0.25) is 9.69 Å². The highest BCUT2D eigenvalue weighted by molar-refractivity contribution is 6.42. The van der Waals surface area contributed by atoms with E-state index >= 15 is 0 Å². The zero-order chi connectivity index (χ0) is 16.8. The van der Waals surface area contributed by atoms with Crippen LogP contribution in [0.25, 0.3) is 10.9 Å². The maximum Gasteiger partial charge on any atom is 0.379 e. The van der Waals surface area contributed by atoms with Crippen LogP contribution in [0.4, 0.5) is 0 Å². The first-order chi connectivity index (χ1) is 11.1. The van der Waals surface area contributed by atoms with Crippen LogP contribution in [0.15, 0.2) is 30.5 Å². The molecular formula is C18H20N2O3. The standard InChI is InChI=1S/C18H20N2O3/c1-4-10-19(2)11-7-12-20-13-15(17(21)18(22)23-3)14-8-5-6-9-16(14)20/h1,5-6,8-9,13H,7,10-12H2,2-3H3. The molecule has 0 aliphatic heterocycles. The van der Waals surface area contributed by atoms with Gasteiger partial charge in [-0.25, -0.2) is 4.79 Å². The number of hydrogen-bond acceptors (Lipinski definition) is 4. The van der Waals surface area contributed by atoms with Crippen molar-refractivity contribution in [2.75, 3.05) is 27.2 Å². The van der Waals surface area contributed by atoms with Gasteiger partial charge in [0.15, 0.2) is 0 Å². The molecule has 0 saturated carbocycles. The Labute approximate surface area is 135 Å². The first-order valence-corrected chi connectivity index (χ1v) is 7.41. The lowest BCUT2D eigenvalue weighted by molar-refractivity contribution is -0.135. The summed E-state index contributed by atoms with van der Waals surface area (Å²) in [6.07, 6.45) is 7.91. The molecule has 1 aromatic heterocycles. The van der Waals surface area contributed by atoms with Crippen molar-refractivity contribution in [1.29, 1.82) is 0 Å². The van der Waals surface area contributed by atoms with Crippen molar-refractivity contribution >= 4 is 22.7 Å². The molecule has 0 saturated heterocycles. The van der Waals surface area contributed by atoms with Crippen LogP contribution in [0.1, 0.15) is 16.8 Å². The number of ketones is 1. The number of hydrogen-bond donors (Lipinski definition) is 0. The van der Waals surface area contributed by atoms with E-state index in [1.54, 1.807) is 6.20 Å². The third-order valence-corrected chi connectivity index (χ3v) is 3.70. The van der Waals surface area contributed by atoms with Gasteiger partial charge < -0.3 is 9.30 Å². The molecule has 1 aromatic carbocycles. The van der Waals surface area contributed by atoms with Gasteiger partial charge in [-0.2, -0.15) is 0 Å². The maximum absolute atomic E-state index is 12.2. The molecule has 0 amide bonds. The number of fused-ring (bicyclic) bond motifs is 1. The Bertz CT molecular complexity index is 755. The zero-order valence-corrected chi connectivity index (χ0v) is 13.4. The van der Waals surface area contributed by atoms with Crippen LogP contribution in [0.5, 0.6) is 0 Å². The predicted molar refractivity (Wildman–Crippen MR) is 89.2 cm³/mol. The molecule has 1 heterocycles. The van der Waals surface area contributed by atoms with E-state index in [1.165, 1.54) is 7.11 Å². The van der Waals surface area contributed by atoms with Crippen LogP contribution in [0.2, 0.25) is 0 Å². The molecule has 0 unspecified atom stereocenters. The fourth-order valence-electron chi connectivity index (χ4n) is 2.56. The molecule has 0 aliphatic rings. The summed E-state index contributed by atoms with van der Waals surface area (Å²) in [4.78, 5) is 25.7. The number of terminal acetylenes is 1. The van der Waals surface area contributed by atoms with Crippen molar-refractivity contribution < 1.29 is 14.3 Å². The summed E-state index contributed by atoms with van der Waals surface area (Å²) in [5, 5.41) is 0.764. The minimum atomic E-state index is -0.846. The number of methoxy groups -OCH3 is 1. The van der Waals surface area contributed by atoms with Gasteiger partial charge in [-0.1, -0.05) is 24.1 Å². The lowest BCUT2D eigenvalue weighted by Crippen LogP contribution is -2.20. The molecule has 0 aliphatic carbocycles. The van der Waals surface area contributed by atoms with Crippen LogP contribution in [-0.2, 0) is 16.1 Å². The number of carbonyl (C=O) groups is 2. The number of nitrogens with zero attached hydrogens (tertiary/aromatic N) is 2. The minimum absolute atomic E-state index is 0.379. The Kier molecular flexibility index (Phi) is 5.56. The van der Waals surface area contributed by atoms with E-state index in [2.05, 4.69) is 15.6 Å². The van der Waals surface area contributed by atoms with E-state index in [-0.39, 0.29) is 0 Å². The smallest absolute Gasteiger partial charge is 0.379 e. The number of benzene rings is 1. The van der Waals surface area contributed by atoms with Crippen LogP contribution in [-0.4, -0.2) is 48.5 Å². The second kappa shape index (κ2) is 7.61. The Balaban J connectivity index is 2.22. The molecule has 0 bridgehead atoms. The van der Waals surface area contributed by atoms with Crippen molar-refractivity contribution in [2.24, 2.45) is 0 Å². The Hall–Kier alpha value is -2.58. The highest BCUT2D eigenvalue weighted by atomic mass is 16.5. The van der Waals surface area contributed by atoms with Gasteiger partial charge in [-0.05, 0) is 19.5 Å². The number of aromatic nitrogens is 1. The minimum Gasteiger partial charge on any atom is -0.463 e. The quantitative estimate of drug-likeness (QED) is 0.339. The van der Waals surface area contributed by atoms with Crippen molar-refractivity contribution in [3.05, 3.63) is 36.0 Å². The number of ether oxygens (including phenoxy) is 1. The number of para-hydroxylation sites is 1. The SMILES string of the molecule is C#CCN(C)CCCn1cc(C(=O)C(=O)OC)c2ccccc21. The van der Waals surface area contributed by atoms with Crippen molar-refractivity contribution in [1.82, 2.24) is 9.47 Å². The number of Topliss-reactive ketones (excluding diaryl/α,β-unsaturated/α-hetero) is 1. The second-order valence-electron chi connectivity index (χ2n) is 5.37. The van der Waals surface area contributed by atoms with Gasteiger partial charge >= 0.3 is 5.97 Å². The largest absolute Gasteiger partial charge is 0.463 e. The molecule has 0 spiro atoms. The fraction of sp³-hybridized carbons (Fsp3) is 0.333. The third-order valence-electron chi connectivity index (χ3n) is 3.70. The molecule has 120 valence electrons. The summed E-state index contributed by atoms with van der Waals surface area (Å²) < 4.78 is 6.54. The summed E-state index contributed by atoms with van der Waals surface area (Å²) in [6, 6.07) is 7.54. The average molecular weight is 312 g/mol. The Morgan fingerprint density at radius 1 is 1.35 bits per heavy atom. The first kappa shape index (κ1) is 16.8. The van der Waals surface area contributed by atoms with E-state index in [1.807, 2.05) is 35.9 Å². The van der Waals surface area contributed by atoms with E-state index in [9.17, 15) is 9.59 Å². The predicted octanol–water partition coefficient (Wildman–Crippen LogP) is 1.95. The normalized spacial score (nSPS) is 10.7. The van der Waals surface area contributed by atoms with Gasteiger partial charge in [0, 0.05) is 30.2 Å². The zero-order valence-electron chi connectivity index (χ0n) is 13.4. The Morgan fingerprint density at radius 3 is 2.78 bits per heavy atom. The van der Waals surface area contributed by atoms with Gasteiger partial charge in [0.05, 0.1) is 19.2 Å². The number of rotatable bonds is 7. The molecular weight excluding hydrogens is 292 g/mol. The highest BCUT2D eigenvalue weighted by Crippen LogP contribution is 2.22. The van der Waals surface area contributed by atoms with Crippen LogP contribution in [0, 0.1) is 12.3 Å². The topological polar surface area (TPSA) is 51.5 Å². The van der Waals surface area contributed by atoms with Crippen LogP contribution >= 0.6 is 0 Å². The number of esters is 1. The van der Waals surface area contributed by atoms with Gasteiger partial charge in [-0.15, -0.1) is 6.42 Å². The van der Waals surface area contributed by atoms with E-state index in [0.29, 0.717) is 12.1 Å². The lowest BCUT2D eigenvalue weighted by Gasteiger charge is -2.13. The summed E-state index contributed by atoms with van der Waals surface area (Å²) in [5.74, 6) is 1.14. The summed E-state index contributed by atoms with van der Waals surface area (Å²) in [7, 11) is 3.18. The highest BCUT2D eigenvalue weighted by Gasteiger charge is 2.21. The summed E-state index contributed by atoms with van der Waals surface area (Å²) in [6.45, 7) is 2.21. The number of carbonyl (C=O) groups excluding carboxylic acids is 2. The van der Waals surface area contributed by atoms with Crippen LogP contribution < -0.4 is 0 Å². The molecule has 23 heavy (non-hydrogen) atoms.